The van der Waals surface area contributed by atoms with Crippen LogP contribution in [0, 0.1) is 6.92 Å². The highest BCUT2D eigenvalue weighted by atomic mass is 32.2. The zero-order valence-corrected chi connectivity index (χ0v) is 17.4. The van der Waals surface area contributed by atoms with Crippen molar-refractivity contribution in [3.8, 4) is 0 Å². The van der Waals surface area contributed by atoms with E-state index >= 15 is 0 Å². The molecule has 0 bridgehead atoms. The first-order valence-corrected chi connectivity index (χ1v) is 11.5. The standard InChI is InChI=1S/C19H20N4OS3/c1-3-8-22-13(2)20-21-19(22)27-12-17(24)23-9-6-15-14(7-11-26-15)18(23)16-5-4-10-25-16/h3-5,7,10-11,18H,1,6,8-9,12H2,2H3. The van der Waals surface area contributed by atoms with Crippen LogP contribution in [0.5, 0.6) is 0 Å². The molecule has 8 heteroatoms. The summed E-state index contributed by atoms with van der Waals surface area (Å²) in [5.74, 6) is 1.33. The molecular formula is C19H20N4OS3. The summed E-state index contributed by atoms with van der Waals surface area (Å²) in [5.41, 5.74) is 1.28. The molecule has 0 spiro atoms. The number of allylic oxidation sites excluding steroid dienone is 1. The van der Waals surface area contributed by atoms with Gasteiger partial charge in [-0.1, -0.05) is 23.9 Å². The fourth-order valence-electron chi connectivity index (χ4n) is 3.36. The molecule has 27 heavy (non-hydrogen) atoms. The topological polar surface area (TPSA) is 51.0 Å². The largest absolute Gasteiger partial charge is 0.330 e. The Balaban J connectivity index is 1.54. The average molecular weight is 417 g/mol. The average Bonchev–Trinajstić information content (AvgIpc) is 3.41. The molecule has 1 aliphatic heterocycles. The number of thiophene rings is 2. The number of aromatic nitrogens is 3. The smallest absolute Gasteiger partial charge is 0.233 e. The van der Waals surface area contributed by atoms with Crippen molar-refractivity contribution in [2.45, 2.75) is 31.1 Å². The second-order valence-corrected chi connectivity index (χ2v) is 9.19. The molecule has 3 aromatic rings. The Bertz CT molecular complexity index is 944. The molecular weight excluding hydrogens is 396 g/mol. The van der Waals surface area contributed by atoms with Crippen molar-refractivity contribution in [2.24, 2.45) is 0 Å². The molecule has 1 unspecified atom stereocenters. The predicted octanol–water partition coefficient (Wildman–Crippen LogP) is 4.16. The van der Waals surface area contributed by atoms with Gasteiger partial charge in [0.25, 0.3) is 0 Å². The van der Waals surface area contributed by atoms with Crippen LogP contribution in [0.4, 0.5) is 0 Å². The molecule has 0 N–H and O–H groups in total. The molecule has 5 nitrogen and oxygen atoms in total. The summed E-state index contributed by atoms with van der Waals surface area (Å²) in [6, 6.07) is 6.38. The van der Waals surface area contributed by atoms with Crippen LogP contribution in [-0.2, 0) is 17.8 Å². The maximum atomic E-state index is 13.1. The summed E-state index contributed by atoms with van der Waals surface area (Å²) in [4.78, 5) is 17.8. The van der Waals surface area contributed by atoms with Crippen molar-refractivity contribution in [3.05, 3.63) is 62.8 Å². The highest BCUT2D eigenvalue weighted by Gasteiger charge is 2.33. The van der Waals surface area contributed by atoms with Gasteiger partial charge in [0.15, 0.2) is 5.16 Å². The van der Waals surface area contributed by atoms with Gasteiger partial charge in [0, 0.05) is 22.8 Å². The maximum absolute atomic E-state index is 13.1. The zero-order chi connectivity index (χ0) is 18.8. The van der Waals surface area contributed by atoms with Gasteiger partial charge >= 0.3 is 0 Å². The third-order valence-corrected chi connectivity index (χ3v) is 7.51. The van der Waals surface area contributed by atoms with E-state index in [0.717, 1.165) is 23.9 Å². The zero-order valence-electron chi connectivity index (χ0n) is 15.0. The highest BCUT2D eigenvalue weighted by molar-refractivity contribution is 7.99. The lowest BCUT2D eigenvalue weighted by Crippen LogP contribution is -2.40. The molecule has 3 aromatic heterocycles. The van der Waals surface area contributed by atoms with Crippen molar-refractivity contribution in [1.82, 2.24) is 19.7 Å². The van der Waals surface area contributed by atoms with Crippen molar-refractivity contribution >= 4 is 40.3 Å². The molecule has 0 aliphatic carbocycles. The minimum absolute atomic E-state index is 0.0286. The Morgan fingerprint density at radius 1 is 1.37 bits per heavy atom. The number of fused-ring (bicyclic) bond motifs is 1. The summed E-state index contributed by atoms with van der Waals surface area (Å²) in [6.07, 6.45) is 2.74. The van der Waals surface area contributed by atoms with E-state index in [1.54, 1.807) is 22.7 Å². The van der Waals surface area contributed by atoms with Crippen LogP contribution in [0.25, 0.3) is 0 Å². The molecule has 0 saturated carbocycles. The second-order valence-electron chi connectivity index (χ2n) is 6.27. The van der Waals surface area contributed by atoms with Crippen LogP contribution >= 0.6 is 34.4 Å². The van der Waals surface area contributed by atoms with E-state index in [4.69, 9.17) is 0 Å². The van der Waals surface area contributed by atoms with Crippen LogP contribution in [0.3, 0.4) is 0 Å². The molecule has 0 saturated heterocycles. The van der Waals surface area contributed by atoms with E-state index in [1.165, 1.54) is 27.1 Å². The number of carbonyl (C=O) groups is 1. The van der Waals surface area contributed by atoms with Gasteiger partial charge in [-0.2, -0.15) is 0 Å². The van der Waals surface area contributed by atoms with E-state index in [1.807, 2.05) is 22.5 Å². The van der Waals surface area contributed by atoms with E-state index in [-0.39, 0.29) is 11.9 Å². The molecule has 0 radical (unpaired) electrons. The lowest BCUT2D eigenvalue weighted by atomic mass is 9.98. The molecule has 0 aromatic carbocycles. The number of nitrogens with zero attached hydrogens (tertiary/aromatic N) is 4. The molecule has 4 rings (SSSR count). The Hall–Kier alpha value is -1.90. The van der Waals surface area contributed by atoms with Crippen LogP contribution in [0.2, 0.25) is 0 Å². The first-order valence-electron chi connectivity index (χ1n) is 8.71. The summed E-state index contributed by atoms with van der Waals surface area (Å²) >= 11 is 4.95. The second kappa shape index (κ2) is 8.00. The van der Waals surface area contributed by atoms with Crippen molar-refractivity contribution in [3.63, 3.8) is 0 Å². The first-order chi connectivity index (χ1) is 13.2. The molecule has 1 aliphatic rings. The van der Waals surface area contributed by atoms with Crippen LogP contribution in [0.15, 0.2) is 46.8 Å². The summed E-state index contributed by atoms with van der Waals surface area (Å²) < 4.78 is 1.98. The summed E-state index contributed by atoms with van der Waals surface area (Å²) in [5, 5.41) is 13.3. The van der Waals surface area contributed by atoms with Crippen LogP contribution in [0.1, 0.15) is 27.2 Å². The minimum atomic E-state index is 0.0286. The van der Waals surface area contributed by atoms with Crippen LogP contribution in [-0.4, -0.2) is 37.9 Å². The molecule has 0 fully saturated rings. The molecule has 1 atom stereocenters. The number of thioether (sulfide) groups is 1. The lowest BCUT2D eigenvalue weighted by molar-refractivity contribution is -0.130. The number of carbonyl (C=O) groups excluding carboxylic acids is 1. The van der Waals surface area contributed by atoms with Crippen molar-refractivity contribution in [1.29, 1.82) is 0 Å². The van der Waals surface area contributed by atoms with E-state index < -0.39 is 0 Å². The third-order valence-electron chi connectivity index (χ3n) is 4.64. The molecule has 4 heterocycles. The van der Waals surface area contributed by atoms with Gasteiger partial charge in [0.1, 0.15) is 5.82 Å². The number of aryl methyl sites for hydroxylation is 1. The SMILES string of the molecule is C=CCn1c(C)nnc1SCC(=O)N1CCc2sccc2C1c1cccs1. The van der Waals surface area contributed by atoms with Gasteiger partial charge in [-0.05, 0) is 41.8 Å². The van der Waals surface area contributed by atoms with Gasteiger partial charge < -0.3 is 9.47 Å². The Labute approximate surface area is 170 Å². The van der Waals surface area contributed by atoms with E-state index in [0.29, 0.717) is 12.3 Å². The van der Waals surface area contributed by atoms with E-state index in [2.05, 4.69) is 45.7 Å². The van der Waals surface area contributed by atoms with Crippen molar-refractivity contribution in [2.75, 3.05) is 12.3 Å². The van der Waals surface area contributed by atoms with Gasteiger partial charge in [0.05, 0.1) is 11.8 Å². The predicted molar refractivity (Wildman–Crippen MR) is 112 cm³/mol. The van der Waals surface area contributed by atoms with Gasteiger partial charge in [-0.3, -0.25) is 4.79 Å². The minimum Gasteiger partial charge on any atom is -0.330 e. The Morgan fingerprint density at radius 3 is 3.04 bits per heavy atom. The Kier molecular flexibility index (Phi) is 5.47. The number of hydrogen-bond acceptors (Lipinski definition) is 6. The van der Waals surface area contributed by atoms with E-state index in [9.17, 15) is 4.79 Å². The number of rotatable bonds is 6. The molecule has 1 amide bonds. The number of amides is 1. The fraction of sp³-hybridized carbons (Fsp3) is 0.316. The lowest BCUT2D eigenvalue weighted by Gasteiger charge is -2.35. The maximum Gasteiger partial charge on any atom is 0.233 e. The van der Waals surface area contributed by atoms with Crippen molar-refractivity contribution < 1.29 is 4.79 Å². The summed E-state index contributed by atoms with van der Waals surface area (Å²) in [6.45, 7) is 7.10. The first kappa shape index (κ1) is 18.5. The quantitative estimate of drug-likeness (QED) is 0.447. The number of hydrogen-bond donors (Lipinski definition) is 0. The monoisotopic (exact) mass is 416 g/mol. The third kappa shape index (κ3) is 3.61. The van der Waals surface area contributed by atoms with Gasteiger partial charge in [-0.15, -0.1) is 39.4 Å². The normalized spacial score (nSPS) is 16.3. The highest BCUT2D eigenvalue weighted by Crippen LogP contribution is 2.39. The molecule has 140 valence electrons. The fourth-order valence-corrected chi connectivity index (χ4v) is 5.99. The van der Waals surface area contributed by atoms with Gasteiger partial charge in [-0.25, -0.2) is 0 Å². The van der Waals surface area contributed by atoms with Gasteiger partial charge in [0.2, 0.25) is 5.91 Å². The summed E-state index contributed by atoms with van der Waals surface area (Å²) in [7, 11) is 0. The van der Waals surface area contributed by atoms with Crippen LogP contribution < -0.4 is 0 Å². The Morgan fingerprint density at radius 2 is 2.26 bits per heavy atom.